The average molecular weight is 227 g/mol. The molecule has 1 unspecified atom stereocenters. The maximum Gasteiger partial charge on any atom is 0.264 e. The highest BCUT2D eigenvalue weighted by Gasteiger charge is 2.43. The summed E-state index contributed by atoms with van der Waals surface area (Å²) in [5, 5.41) is 2.73. The van der Waals surface area contributed by atoms with E-state index >= 15 is 0 Å². The number of rotatable bonds is 3. The molecule has 1 aliphatic heterocycles. The van der Waals surface area contributed by atoms with Gasteiger partial charge in [0.2, 0.25) is 0 Å². The predicted octanol–water partition coefficient (Wildman–Crippen LogP) is 2.09. The van der Waals surface area contributed by atoms with Gasteiger partial charge >= 0.3 is 0 Å². The number of nitrogens with one attached hydrogen (secondary N) is 1. The van der Waals surface area contributed by atoms with Gasteiger partial charge in [-0.2, -0.15) is 0 Å². The van der Waals surface area contributed by atoms with Gasteiger partial charge in [0.05, 0.1) is 13.7 Å². The zero-order chi connectivity index (χ0) is 11.6. The molecule has 0 spiro atoms. The lowest BCUT2D eigenvalue weighted by atomic mass is 9.95. The second-order valence-electron chi connectivity index (χ2n) is 4.10. The average Bonchev–Trinajstić information content (AvgIpc) is 2.59. The van der Waals surface area contributed by atoms with E-state index in [1.54, 1.807) is 13.2 Å². The van der Waals surface area contributed by atoms with E-state index in [0.29, 0.717) is 18.7 Å². The SMILES string of the molecule is COc1ccccc1CC1CNCC1(F)F. The number of ether oxygens (including phenoxy) is 1. The third-order valence-corrected chi connectivity index (χ3v) is 3.01. The van der Waals surface area contributed by atoms with Crippen molar-refractivity contribution in [1.82, 2.24) is 5.32 Å². The molecular weight excluding hydrogens is 212 g/mol. The summed E-state index contributed by atoms with van der Waals surface area (Å²) >= 11 is 0. The number of benzene rings is 1. The van der Waals surface area contributed by atoms with Crippen LogP contribution in [-0.4, -0.2) is 26.1 Å². The van der Waals surface area contributed by atoms with Crippen LogP contribution < -0.4 is 10.1 Å². The Hall–Kier alpha value is -1.16. The Kier molecular flexibility index (Phi) is 3.10. The Morgan fingerprint density at radius 1 is 1.44 bits per heavy atom. The van der Waals surface area contributed by atoms with Crippen molar-refractivity contribution in [3.8, 4) is 5.75 Å². The van der Waals surface area contributed by atoms with Crippen molar-refractivity contribution in [1.29, 1.82) is 0 Å². The van der Waals surface area contributed by atoms with Gasteiger partial charge in [-0.3, -0.25) is 0 Å². The fourth-order valence-corrected chi connectivity index (χ4v) is 2.07. The molecular formula is C12H15F2NO. The minimum atomic E-state index is -2.61. The lowest BCUT2D eigenvalue weighted by molar-refractivity contribution is -0.0213. The first-order chi connectivity index (χ1) is 7.63. The zero-order valence-electron chi connectivity index (χ0n) is 9.17. The van der Waals surface area contributed by atoms with Crippen LogP contribution in [0.15, 0.2) is 24.3 Å². The molecule has 1 heterocycles. The summed E-state index contributed by atoms with van der Waals surface area (Å²) in [5.41, 5.74) is 0.846. The van der Waals surface area contributed by atoms with Crippen LogP contribution in [0.25, 0.3) is 0 Å². The van der Waals surface area contributed by atoms with E-state index in [1.807, 2.05) is 18.2 Å². The van der Waals surface area contributed by atoms with E-state index < -0.39 is 11.8 Å². The molecule has 16 heavy (non-hydrogen) atoms. The highest BCUT2D eigenvalue weighted by atomic mass is 19.3. The van der Waals surface area contributed by atoms with Crippen molar-refractivity contribution in [3.05, 3.63) is 29.8 Å². The van der Waals surface area contributed by atoms with Crippen molar-refractivity contribution in [3.63, 3.8) is 0 Å². The molecule has 1 aliphatic rings. The lowest BCUT2D eigenvalue weighted by Crippen LogP contribution is -2.28. The smallest absolute Gasteiger partial charge is 0.264 e. The van der Waals surface area contributed by atoms with Crippen LogP contribution in [0.5, 0.6) is 5.75 Å². The quantitative estimate of drug-likeness (QED) is 0.853. The normalized spacial score (nSPS) is 23.3. The minimum Gasteiger partial charge on any atom is -0.496 e. The zero-order valence-corrected chi connectivity index (χ0v) is 9.17. The van der Waals surface area contributed by atoms with Crippen LogP contribution in [-0.2, 0) is 6.42 Å². The van der Waals surface area contributed by atoms with Gasteiger partial charge in [0.15, 0.2) is 0 Å². The monoisotopic (exact) mass is 227 g/mol. The maximum absolute atomic E-state index is 13.4. The Morgan fingerprint density at radius 2 is 2.19 bits per heavy atom. The van der Waals surface area contributed by atoms with Gasteiger partial charge in [-0.15, -0.1) is 0 Å². The summed E-state index contributed by atoms with van der Waals surface area (Å²) in [6.45, 7) is 0.151. The van der Waals surface area contributed by atoms with E-state index in [-0.39, 0.29) is 6.54 Å². The van der Waals surface area contributed by atoms with Gasteiger partial charge in [-0.25, -0.2) is 8.78 Å². The first-order valence-corrected chi connectivity index (χ1v) is 5.34. The van der Waals surface area contributed by atoms with Gasteiger partial charge < -0.3 is 10.1 Å². The second kappa shape index (κ2) is 4.37. The maximum atomic E-state index is 13.4. The Balaban J connectivity index is 2.14. The van der Waals surface area contributed by atoms with Crippen LogP contribution in [0.4, 0.5) is 8.78 Å². The predicted molar refractivity (Wildman–Crippen MR) is 58.0 cm³/mol. The summed E-state index contributed by atoms with van der Waals surface area (Å²) in [6, 6.07) is 7.33. The lowest BCUT2D eigenvalue weighted by Gasteiger charge is -2.18. The molecule has 0 bridgehead atoms. The van der Waals surface area contributed by atoms with Crippen molar-refractivity contribution < 1.29 is 13.5 Å². The third-order valence-electron chi connectivity index (χ3n) is 3.01. The van der Waals surface area contributed by atoms with Crippen LogP contribution in [0.1, 0.15) is 5.56 Å². The molecule has 0 amide bonds. The molecule has 0 aromatic heterocycles. The van der Waals surface area contributed by atoms with E-state index in [9.17, 15) is 8.78 Å². The van der Waals surface area contributed by atoms with Crippen molar-refractivity contribution >= 4 is 0 Å². The van der Waals surface area contributed by atoms with Crippen LogP contribution in [0.2, 0.25) is 0 Å². The Morgan fingerprint density at radius 3 is 2.81 bits per heavy atom. The van der Waals surface area contributed by atoms with Gasteiger partial charge in [0, 0.05) is 12.5 Å². The highest BCUT2D eigenvalue weighted by Crippen LogP contribution is 2.32. The Bertz CT molecular complexity index is 368. The summed E-state index contributed by atoms with van der Waals surface area (Å²) < 4.78 is 32.0. The fraction of sp³-hybridized carbons (Fsp3) is 0.500. The molecule has 1 atom stereocenters. The highest BCUT2D eigenvalue weighted by molar-refractivity contribution is 5.33. The number of alkyl halides is 2. The number of methoxy groups -OCH3 is 1. The number of para-hydroxylation sites is 1. The van der Waals surface area contributed by atoms with Crippen LogP contribution in [0, 0.1) is 5.92 Å². The van der Waals surface area contributed by atoms with E-state index in [1.165, 1.54) is 0 Å². The number of halogens is 2. The number of hydrogen-bond donors (Lipinski definition) is 1. The molecule has 4 heteroatoms. The second-order valence-corrected chi connectivity index (χ2v) is 4.10. The fourth-order valence-electron chi connectivity index (χ4n) is 2.07. The molecule has 1 fully saturated rings. The van der Waals surface area contributed by atoms with Crippen molar-refractivity contribution in [2.75, 3.05) is 20.2 Å². The van der Waals surface area contributed by atoms with E-state index in [2.05, 4.69) is 5.32 Å². The third kappa shape index (κ3) is 2.16. The first-order valence-electron chi connectivity index (χ1n) is 5.34. The molecule has 0 radical (unpaired) electrons. The standard InChI is InChI=1S/C12H15F2NO/c1-16-11-5-3-2-4-9(11)6-10-7-15-8-12(10,13)14/h2-5,10,15H,6-8H2,1H3. The molecule has 1 saturated heterocycles. The topological polar surface area (TPSA) is 21.3 Å². The van der Waals surface area contributed by atoms with E-state index in [0.717, 1.165) is 5.56 Å². The summed E-state index contributed by atoms with van der Waals surface area (Å²) in [7, 11) is 1.56. The van der Waals surface area contributed by atoms with Gasteiger partial charge in [0.1, 0.15) is 5.75 Å². The summed E-state index contributed by atoms with van der Waals surface area (Å²) in [5.74, 6) is -2.56. The molecule has 1 aromatic rings. The van der Waals surface area contributed by atoms with Crippen molar-refractivity contribution in [2.45, 2.75) is 12.3 Å². The molecule has 2 nitrogen and oxygen atoms in total. The van der Waals surface area contributed by atoms with Gasteiger partial charge in [-0.05, 0) is 18.1 Å². The largest absolute Gasteiger partial charge is 0.496 e. The first kappa shape index (κ1) is 11.3. The summed E-state index contributed by atoms with van der Waals surface area (Å²) in [6.07, 6.45) is 0.351. The molecule has 0 saturated carbocycles. The van der Waals surface area contributed by atoms with Crippen LogP contribution in [0.3, 0.4) is 0 Å². The minimum absolute atomic E-state index is 0.215. The van der Waals surface area contributed by atoms with Crippen molar-refractivity contribution in [2.24, 2.45) is 5.92 Å². The molecule has 1 N–H and O–H groups in total. The molecule has 88 valence electrons. The molecule has 2 rings (SSSR count). The molecule has 0 aliphatic carbocycles. The van der Waals surface area contributed by atoms with Crippen LogP contribution >= 0.6 is 0 Å². The summed E-state index contributed by atoms with van der Waals surface area (Å²) in [4.78, 5) is 0. The molecule has 1 aromatic carbocycles. The number of hydrogen-bond acceptors (Lipinski definition) is 2. The van der Waals surface area contributed by atoms with E-state index in [4.69, 9.17) is 4.74 Å². The Labute approximate surface area is 93.6 Å². The van der Waals surface area contributed by atoms with Gasteiger partial charge in [0.25, 0.3) is 5.92 Å². The van der Waals surface area contributed by atoms with Gasteiger partial charge in [-0.1, -0.05) is 18.2 Å².